The van der Waals surface area contributed by atoms with Crippen molar-refractivity contribution in [1.82, 2.24) is 36.1 Å². The number of hydrogen-bond donors (Lipinski definition) is 7. The zero-order valence-electron chi connectivity index (χ0n) is 38.6. The van der Waals surface area contributed by atoms with Crippen molar-refractivity contribution in [3.05, 3.63) is 88.7 Å². The second-order valence-electron chi connectivity index (χ2n) is 17.1. The van der Waals surface area contributed by atoms with E-state index in [1.54, 1.807) is 50.2 Å². The highest BCUT2D eigenvalue weighted by Gasteiger charge is 2.36. The molecule has 350 valence electrons. The van der Waals surface area contributed by atoms with Crippen LogP contribution in [0.25, 0.3) is 22.5 Å². The highest BCUT2D eigenvalue weighted by Crippen LogP contribution is 2.40. The van der Waals surface area contributed by atoms with E-state index < -0.39 is 61.8 Å². The number of nitrogens with one attached hydrogen (secondary N) is 4. The van der Waals surface area contributed by atoms with Gasteiger partial charge in [-0.1, -0.05) is 61.2 Å². The molecule has 1 aliphatic rings. The molecular formula is C47H61N11O7Si. The number of fused-ring (bicyclic) bond motifs is 5. The van der Waals surface area contributed by atoms with Gasteiger partial charge in [-0.2, -0.15) is 5.26 Å². The Balaban J connectivity index is 1.57. The molecule has 0 fully saturated rings. The summed E-state index contributed by atoms with van der Waals surface area (Å²) in [7, 11) is -0.118. The first-order valence-corrected chi connectivity index (χ1v) is 25.3. The Kier molecular flexibility index (Phi) is 17.1. The second-order valence-corrected chi connectivity index (χ2v) is 22.2. The molecule has 3 aromatic carbocycles. The number of nitriles is 1. The van der Waals surface area contributed by atoms with Crippen LogP contribution < -0.4 is 53.1 Å². The summed E-state index contributed by atoms with van der Waals surface area (Å²) in [5.74, 6) is -2.10. The van der Waals surface area contributed by atoms with Gasteiger partial charge in [-0.15, -0.1) is 0 Å². The number of ether oxygens (including phenoxy) is 2. The van der Waals surface area contributed by atoms with Gasteiger partial charge in [0.1, 0.15) is 55.4 Å². The van der Waals surface area contributed by atoms with E-state index in [0.29, 0.717) is 51.0 Å². The van der Waals surface area contributed by atoms with Crippen molar-refractivity contribution in [2.45, 2.75) is 77.4 Å². The number of aryl methyl sites for hydroxylation is 2. The van der Waals surface area contributed by atoms with Gasteiger partial charge in [0, 0.05) is 43.2 Å². The van der Waals surface area contributed by atoms with E-state index in [4.69, 9.17) is 26.7 Å². The summed E-state index contributed by atoms with van der Waals surface area (Å²) >= 11 is 0. The van der Waals surface area contributed by atoms with E-state index >= 15 is 0 Å². The summed E-state index contributed by atoms with van der Waals surface area (Å²) in [5, 5.41) is 21.2. The van der Waals surface area contributed by atoms with Gasteiger partial charge in [-0.25, -0.2) is 9.97 Å². The van der Waals surface area contributed by atoms with Crippen LogP contribution in [-0.2, 0) is 25.6 Å². The number of nitrogens with zero attached hydrogens (tertiary/aromatic N) is 4. The molecule has 0 aliphatic carbocycles. The fourth-order valence-electron chi connectivity index (χ4n) is 7.65. The number of benzene rings is 3. The maximum atomic E-state index is 14.7. The van der Waals surface area contributed by atoms with E-state index in [1.807, 2.05) is 18.2 Å². The summed E-state index contributed by atoms with van der Waals surface area (Å²) in [5.41, 5.74) is 21.4. The van der Waals surface area contributed by atoms with Crippen LogP contribution in [0.3, 0.4) is 0 Å². The first-order valence-electron chi connectivity index (χ1n) is 21.8. The van der Waals surface area contributed by atoms with Gasteiger partial charge in [0.15, 0.2) is 5.82 Å². The fourth-order valence-corrected chi connectivity index (χ4v) is 8.82. The van der Waals surface area contributed by atoms with Gasteiger partial charge in [0.05, 0.1) is 31.1 Å². The predicted molar refractivity (Wildman–Crippen MR) is 253 cm³/mol. The Morgan fingerprint density at radius 1 is 0.879 bits per heavy atom. The zero-order valence-corrected chi connectivity index (χ0v) is 39.6. The maximum Gasteiger partial charge on any atom is 0.255 e. The largest absolute Gasteiger partial charge is 0.492 e. The normalized spacial score (nSPS) is 16.7. The molecule has 1 aromatic heterocycles. The molecule has 19 heteroatoms. The SMILES string of the molecule is Cc1nc(-c2ccc([Si](C)(C)C)cc2)nc(C)c1C(=O)NC(CCN)C(=O)N(C)C1C(=O)NC(C)C(=O)NC(C(=O)NCC#N)Cc2ccc(OCCN)c(c2)-c2cc1ccc2OCCN. The minimum atomic E-state index is -1.54. The molecule has 0 saturated heterocycles. The number of carbonyl (C=O) groups is 5. The minimum absolute atomic E-state index is 0.00176. The molecule has 4 aromatic rings. The second kappa shape index (κ2) is 22.5. The van der Waals surface area contributed by atoms with Crippen LogP contribution in [0.4, 0.5) is 0 Å². The van der Waals surface area contributed by atoms with E-state index in [9.17, 15) is 29.2 Å². The lowest BCUT2D eigenvalue weighted by molar-refractivity contribution is -0.141. The van der Waals surface area contributed by atoms with E-state index in [0.717, 1.165) is 5.56 Å². The lowest BCUT2D eigenvalue weighted by Gasteiger charge is -2.32. The van der Waals surface area contributed by atoms with Crippen molar-refractivity contribution < 1.29 is 33.4 Å². The third-order valence-electron chi connectivity index (χ3n) is 11.1. The Bertz CT molecular complexity index is 2450. The van der Waals surface area contributed by atoms with Gasteiger partial charge in [-0.3, -0.25) is 24.0 Å². The van der Waals surface area contributed by atoms with Crippen LogP contribution in [-0.4, -0.2) is 117 Å². The molecule has 0 radical (unpaired) electrons. The van der Waals surface area contributed by atoms with Crippen LogP contribution in [0.5, 0.6) is 11.5 Å². The van der Waals surface area contributed by atoms with Crippen LogP contribution in [0.1, 0.15) is 52.3 Å². The zero-order chi connectivity index (χ0) is 48.3. The number of nitrogens with two attached hydrogens (primary N) is 3. The molecule has 4 unspecified atom stereocenters. The van der Waals surface area contributed by atoms with Crippen LogP contribution >= 0.6 is 0 Å². The fraction of sp³-hybridized carbons (Fsp3) is 0.404. The van der Waals surface area contributed by atoms with Crippen LogP contribution in [0, 0.1) is 25.2 Å². The lowest BCUT2D eigenvalue weighted by Crippen LogP contribution is -2.56. The first kappa shape index (κ1) is 50.3. The lowest BCUT2D eigenvalue weighted by atomic mass is 9.93. The summed E-state index contributed by atoms with van der Waals surface area (Å²) in [4.78, 5) is 81.1. The Hall–Kier alpha value is -6.72. The summed E-state index contributed by atoms with van der Waals surface area (Å²) in [6, 6.07) is 15.2. The topological polar surface area (TPSA) is 283 Å². The van der Waals surface area contributed by atoms with Gasteiger partial charge in [0.25, 0.3) is 5.91 Å². The van der Waals surface area contributed by atoms with Crippen molar-refractivity contribution in [2.24, 2.45) is 17.2 Å². The van der Waals surface area contributed by atoms with Gasteiger partial charge in [0.2, 0.25) is 23.6 Å². The number of likely N-dealkylation sites (N-methyl/N-ethyl adjacent to an activating group) is 1. The summed E-state index contributed by atoms with van der Waals surface area (Å²) in [6.45, 7) is 12.0. The summed E-state index contributed by atoms with van der Waals surface area (Å²) in [6.07, 6.45) is 0.00605. The highest BCUT2D eigenvalue weighted by molar-refractivity contribution is 6.88. The Labute approximate surface area is 386 Å². The Morgan fingerprint density at radius 2 is 1.48 bits per heavy atom. The third kappa shape index (κ3) is 12.1. The Morgan fingerprint density at radius 3 is 2.06 bits per heavy atom. The number of rotatable bonds is 16. The monoisotopic (exact) mass is 919 g/mol. The minimum Gasteiger partial charge on any atom is -0.492 e. The molecule has 4 atom stereocenters. The standard InChI is InChI=1S/C47H61N11O7Si/c1-27-40(28(2)54-42(53-27)31-9-12-33(13-10-31)66(5,6)7)45(61)56-36(16-17-48)47(63)58(4)41-32-11-15-39(65-23-20-51)35(26-32)34-24-30(8-14-38(34)64-22-19-50)25-37(44(60)52-21-18-49)57-43(59)29(3)55-46(41)62/h8-15,24,26,29,36-37,41H,16-17,19-23,25,48,50-51H2,1-7H3,(H,52,60)(H,55,62)(H,56,61)(H,57,59). The highest BCUT2D eigenvalue weighted by atomic mass is 28.3. The van der Waals surface area contributed by atoms with E-state index in [2.05, 4.69) is 63.0 Å². The van der Waals surface area contributed by atoms with Crippen molar-refractivity contribution in [3.8, 4) is 40.1 Å². The molecule has 0 saturated carbocycles. The van der Waals surface area contributed by atoms with Crippen molar-refractivity contribution in [1.29, 1.82) is 5.26 Å². The molecule has 0 spiro atoms. The molecule has 5 amide bonds. The molecular weight excluding hydrogens is 859 g/mol. The molecule has 66 heavy (non-hydrogen) atoms. The smallest absolute Gasteiger partial charge is 0.255 e. The maximum absolute atomic E-state index is 14.7. The van der Waals surface area contributed by atoms with Crippen LogP contribution in [0.15, 0.2) is 60.7 Å². The number of carbonyl (C=O) groups excluding carboxylic acids is 5. The average Bonchev–Trinajstić information content (AvgIpc) is 3.28. The molecule has 1 aliphatic heterocycles. The summed E-state index contributed by atoms with van der Waals surface area (Å²) < 4.78 is 12.2. The molecule has 10 N–H and O–H groups in total. The van der Waals surface area contributed by atoms with Gasteiger partial charge >= 0.3 is 0 Å². The molecule has 5 rings (SSSR count). The molecule has 2 heterocycles. The first-order chi connectivity index (χ1) is 31.4. The number of aromatic nitrogens is 2. The van der Waals surface area contributed by atoms with Crippen molar-refractivity contribution in [3.63, 3.8) is 0 Å². The average molecular weight is 920 g/mol. The van der Waals surface area contributed by atoms with Crippen LogP contribution in [0.2, 0.25) is 19.6 Å². The van der Waals surface area contributed by atoms with E-state index in [-0.39, 0.29) is 57.8 Å². The quantitative estimate of drug-likeness (QED) is 0.0621. The molecule has 18 nitrogen and oxygen atoms in total. The van der Waals surface area contributed by atoms with Crippen molar-refractivity contribution >= 4 is 42.8 Å². The third-order valence-corrected chi connectivity index (χ3v) is 13.2. The van der Waals surface area contributed by atoms with Gasteiger partial charge < -0.3 is 52.8 Å². The van der Waals surface area contributed by atoms with Gasteiger partial charge in [-0.05, 0) is 69.1 Å². The molecule has 4 bridgehead atoms. The number of hydrogen-bond acceptors (Lipinski definition) is 13. The van der Waals surface area contributed by atoms with E-state index in [1.165, 1.54) is 24.1 Å². The number of amides is 5. The predicted octanol–water partition coefficient (Wildman–Crippen LogP) is 1.48. The van der Waals surface area contributed by atoms with Crippen molar-refractivity contribution in [2.75, 3.05) is 46.4 Å².